The SMILES string of the molecule is CC(C)N(Cc1cccs1)CC1CCCC(C)(C)C1N. The summed E-state index contributed by atoms with van der Waals surface area (Å²) < 4.78 is 0. The summed E-state index contributed by atoms with van der Waals surface area (Å²) in [5.74, 6) is 0.640. The third-order valence-electron chi connectivity index (χ3n) is 4.94. The molecule has 1 aromatic heterocycles. The van der Waals surface area contributed by atoms with Crippen LogP contribution in [0.1, 0.15) is 51.8 Å². The molecule has 0 saturated heterocycles. The number of rotatable bonds is 5. The highest BCUT2D eigenvalue weighted by atomic mass is 32.1. The van der Waals surface area contributed by atoms with E-state index in [2.05, 4.69) is 50.1 Å². The van der Waals surface area contributed by atoms with Crippen molar-refractivity contribution in [2.75, 3.05) is 6.54 Å². The molecule has 0 radical (unpaired) electrons. The molecule has 2 nitrogen and oxygen atoms in total. The first-order valence-electron chi connectivity index (χ1n) is 7.92. The summed E-state index contributed by atoms with van der Waals surface area (Å²) >= 11 is 1.86. The second-order valence-electron chi connectivity index (χ2n) is 7.27. The minimum absolute atomic E-state index is 0.300. The van der Waals surface area contributed by atoms with Crippen LogP contribution >= 0.6 is 11.3 Å². The van der Waals surface area contributed by atoms with E-state index in [1.165, 1.54) is 24.1 Å². The largest absolute Gasteiger partial charge is 0.327 e. The maximum Gasteiger partial charge on any atom is 0.0330 e. The van der Waals surface area contributed by atoms with Crippen LogP contribution in [0, 0.1) is 11.3 Å². The molecule has 0 aromatic carbocycles. The molecule has 1 fully saturated rings. The Bertz CT molecular complexity index is 397. The average molecular weight is 295 g/mol. The molecule has 1 aromatic rings. The zero-order valence-electron chi connectivity index (χ0n) is 13.4. The van der Waals surface area contributed by atoms with Crippen LogP contribution < -0.4 is 5.73 Å². The minimum atomic E-state index is 0.300. The number of thiophene rings is 1. The lowest BCUT2D eigenvalue weighted by molar-refractivity contribution is 0.0869. The number of hydrogen-bond donors (Lipinski definition) is 1. The van der Waals surface area contributed by atoms with Crippen molar-refractivity contribution < 1.29 is 0 Å². The van der Waals surface area contributed by atoms with Gasteiger partial charge in [-0.25, -0.2) is 0 Å². The van der Waals surface area contributed by atoms with Crippen molar-refractivity contribution in [2.45, 2.75) is 65.6 Å². The van der Waals surface area contributed by atoms with Crippen LogP contribution in [0.4, 0.5) is 0 Å². The molecule has 1 aliphatic carbocycles. The van der Waals surface area contributed by atoms with Crippen LogP contribution in [0.5, 0.6) is 0 Å². The molecule has 2 rings (SSSR count). The van der Waals surface area contributed by atoms with Crippen LogP contribution in [0.2, 0.25) is 0 Å². The lowest BCUT2D eigenvalue weighted by Crippen LogP contribution is -2.50. The van der Waals surface area contributed by atoms with Gasteiger partial charge in [-0.05, 0) is 49.5 Å². The Morgan fingerprint density at radius 1 is 1.45 bits per heavy atom. The second kappa shape index (κ2) is 6.59. The number of nitrogens with zero attached hydrogens (tertiary/aromatic N) is 1. The van der Waals surface area contributed by atoms with E-state index in [9.17, 15) is 0 Å². The van der Waals surface area contributed by atoms with E-state index in [4.69, 9.17) is 5.73 Å². The summed E-state index contributed by atoms with van der Waals surface area (Å²) in [7, 11) is 0. The Kier molecular flexibility index (Phi) is 5.27. The Morgan fingerprint density at radius 3 is 2.80 bits per heavy atom. The summed E-state index contributed by atoms with van der Waals surface area (Å²) in [5, 5.41) is 2.17. The van der Waals surface area contributed by atoms with E-state index in [1.807, 2.05) is 11.3 Å². The molecule has 2 N–H and O–H groups in total. The van der Waals surface area contributed by atoms with Gasteiger partial charge in [0.25, 0.3) is 0 Å². The van der Waals surface area contributed by atoms with Crippen molar-refractivity contribution in [1.29, 1.82) is 0 Å². The van der Waals surface area contributed by atoms with Crippen molar-refractivity contribution in [1.82, 2.24) is 4.90 Å². The monoisotopic (exact) mass is 294 g/mol. The van der Waals surface area contributed by atoms with E-state index < -0.39 is 0 Å². The number of nitrogens with two attached hydrogens (primary N) is 1. The van der Waals surface area contributed by atoms with Crippen LogP contribution in [0.3, 0.4) is 0 Å². The van der Waals surface area contributed by atoms with E-state index in [-0.39, 0.29) is 0 Å². The maximum atomic E-state index is 6.55. The van der Waals surface area contributed by atoms with Crippen LogP contribution in [-0.2, 0) is 6.54 Å². The molecular weight excluding hydrogens is 264 g/mol. The van der Waals surface area contributed by atoms with Gasteiger partial charge in [-0.3, -0.25) is 4.90 Å². The highest BCUT2D eigenvalue weighted by Gasteiger charge is 2.37. The van der Waals surface area contributed by atoms with Gasteiger partial charge in [-0.2, -0.15) is 0 Å². The van der Waals surface area contributed by atoms with Gasteiger partial charge in [0.2, 0.25) is 0 Å². The lowest BCUT2D eigenvalue weighted by Gasteiger charge is -2.44. The smallest absolute Gasteiger partial charge is 0.0330 e. The van der Waals surface area contributed by atoms with Crippen LogP contribution in [0.15, 0.2) is 17.5 Å². The van der Waals surface area contributed by atoms with Crippen molar-refractivity contribution in [3.05, 3.63) is 22.4 Å². The summed E-state index contributed by atoms with van der Waals surface area (Å²) in [6.45, 7) is 11.5. The Labute approximate surface area is 128 Å². The first-order valence-corrected chi connectivity index (χ1v) is 8.80. The van der Waals surface area contributed by atoms with Gasteiger partial charge in [0.1, 0.15) is 0 Å². The quantitative estimate of drug-likeness (QED) is 0.885. The topological polar surface area (TPSA) is 29.3 Å². The Balaban J connectivity index is 2.00. The van der Waals surface area contributed by atoms with Crippen LogP contribution in [-0.4, -0.2) is 23.5 Å². The summed E-state index contributed by atoms with van der Waals surface area (Å²) in [6, 6.07) is 5.30. The highest BCUT2D eigenvalue weighted by Crippen LogP contribution is 2.38. The minimum Gasteiger partial charge on any atom is -0.327 e. The summed E-state index contributed by atoms with van der Waals surface area (Å²) in [5.41, 5.74) is 6.85. The molecule has 0 amide bonds. The molecule has 2 atom stereocenters. The second-order valence-corrected chi connectivity index (χ2v) is 8.30. The van der Waals surface area contributed by atoms with E-state index in [0.717, 1.165) is 13.1 Å². The summed E-state index contributed by atoms with van der Waals surface area (Å²) in [4.78, 5) is 4.06. The third-order valence-corrected chi connectivity index (χ3v) is 5.81. The molecule has 0 bridgehead atoms. The average Bonchev–Trinajstić information content (AvgIpc) is 2.86. The van der Waals surface area contributed by atoms with Gasteiger partial charge < -0.3 is 5.73 Å². The molecule has 1 aliphatic rings. The molecule has 3 heteroatoms. The molecule has 0 spiro atoms. The first-order chi connectivity index (χ1) is 9.40. The third kappa shape index (κ3) is 3.84. The maximum absolute atomic E-state index is 6.55. The molecule has 1 heterocycles. The zero-order valence-corrected chi connectivity index (χ0v) is 14.2. The first kappa shape index (κ1) is 16.0. The number of hydrogen-bond acceptors (Lipinski definition) is 3. The van der Waals surface area contributed by atoms with E-state index >= 15 is 0 Å². The molecular formula is C17H30N2S. The summed E-state index contributed by atoms with van der Waals surface area (Å²) in [6.07, 6.45) is 3.89. The van der Waals surface area contributed by atoms with Gasteiger partial charge in [0.15, 0.2) is 0 Å². The van der Waals surface area contributed by atoms with Crippen molar-refractivity contribution in [3.8, 4) is 0 Å². The van der Waals surface area contributed by atoms with Crippen LogP contribution in [0.25, 0.3) is 0 Å². The fourth-order valence-corrected chi connectivity index (χ4v) is 4.10. The fraction of sp³-hybridized carbons (Fsp3) is 0.765. The van der Waals surface area contributed by atoms with Gasteiger partial charge in [-0.15, -0.1) is 11.3 Å². The molecule has 20 heavy (non-hydrogen) atoms. The predicted octanol–water partition coefficient (Wildman–Crippen LogP) is 4.11. The van der Waals surface area contributed by atoms with Gasteiger partial charge >= 0.3 is 0 Å². The van der Waals surface area contributed by atoms with E-state index in [0.29, 0.717) is 23.4 Å². The zero-order chi connectivity index (χ0) is 14.8. The highest BCUT2D eigenvalue weighted by molar-refractivity contribution is 7.09. The van der Waals surface area contributed by atoms with E-state index in [1.54, 1.807) is 0 Å². The molecule has 2 unspecified atom stereocenters. The van der Waals surface area contributed by atoms with Gasteiger partial charge in [0, 0.05) is 30.1 Å². The normalized spacial score (nSPS) is 26.4. The van der Waals surface area contributed by atoms with Crippen molar-refractivity contribution in [3.63, 3.8) is 0 Å². The van der Waals surface area contributed by atoms with Gasteiger partial charge in [-0.1, -0.05) is 26.3 Å². The standard InChI is InChI=1S/C17H30N2S/c1-13(2)19(12-15-8-6-10-20-15)11-14-7-5-9-17(3,4)16(14)18/h6,8,10,13-14,16H,5,7,9,11-12,18H2,1-4H3. The molecule has 114 valence electrons. The fourth-order valence-electron chi connectivity index (χ4n) is 3.37. The van der Waals surface area contributed by atoms with Crippen molar-refractivity contribution in [2.24, 2.45) is 17.1 Å². The molecule has 0 aliphatic heterocycles. The Morgan fingerprint density at radius 2 is 2.20 bits per heavy atom. The predicted molar refractivity (Wildman–Crippen MR) is 89.0 cm³/mol. The van der Waals surface area contributed by atoms with Crippen molar-refractivity contribution >= 4 is 11.3 Å². The lowest BCUT2D eigenvalue weighted by atomic mass is 9.68. The molecule has 1 saturated carbocycles. The Hall–Kier alpha value is -0.380. The van der Waals surface area contributed by atoms with Gasteiger partial charge in [0.05, 0.1) is 0 Å².